The number of esters is 1. The highest BCUT2D eigenvalue weighted by molar-refractivity contribution is 7.89. The van der Waals surface area contributed by atoms with Crippen molar-refractivity contribution in [2.75, 3.05) is 20.3 Å². The van der Waals surface area contributed by atoms with E-state index in [1.165, 1.54) is 37.8 Å². The minimum atomic E-state index is -3.68. The molecule has 1 aromatic carbocycles. The molecule has 1 saturated carbocycles. The second-order valence-corrected chi connectivity index (χ2v) is 8.16. The van der Waals surface area contributed by atoms with E-state index in [1.54, 1.807) is 0 Å². The van der Waals surface area contributed by atoms with Gasteiger partial charge in [0.1, 0.15) is 0 Å². The number of methoxy groups -OCH3 is 1. The molecule has 2 fully saturated rings. The lowest BCUT2D eigenvalue weighted by Crippen LogP contribution is -2.37. The molecule has 1 atom stereocenters. The van der Waals surface area contributed by atoms with Crippen LogP contribution in [0.3, 0.4) is 0 Å². The third-order valence-electron chi connectivity index (χ3n) is 4.62. The lowest BCUT2D eigenvalue weighted by molar-refractivity contribution is -0.186. The summed E-state index contributed by atoms with van der Waals surface area (Å²) in [6.45, 7) is 0.548. The molecule has 0 unspecified atom stereocenters. The van der Waals surface area contributed by atoms with Crippen molar-refractivity contribution in [2.24, 2.45) is 0 Å². The largest absolute Gasteiger partial charge is 0.465 e. The van der Waals surface area contributed by atoms with Gasteiger partial charge in [0.05, 0.1) is 30.3 Å². The molecule has 0 aromatic heterocycles. The molecule has 0 radical (unpaired) electrons. The van der Waals surface area contributed by atoms with Crippen molar-refractivity contribution in [3.05, 3.63) is 29.8 Å². The summed E-state index contributed by atoms with van der Waals surface area (Å²) in [5.41, 5.74) is 0.299. The lowest BCUT2D eigenvalue weighted by Gasteiger charge is -2.31. The van der Waals surface area contributed by atoms with Gasteiger partial charge in [-0.2, -0.15) is 0 Å². The number of hydrogen-bond donors (Lipinski definition) is 1. The Morgan fingerprint density at radius 1 is 1.24 bits per heavy atom. The Morgan fingerprint density at radius 3 is 2.56 bits per heavy atom. The van der Waals surface area contributed by atoms with Crippen LogP contribution in [0, 0.1) is 0 Å². The van der Waals surface area contributed by atoms with Crippen LogP contribution in [0.15, 0.2) is 29.2 Å². The van der Waals surface area contributed by atoms with Gasteiger partial charge in [-0.15, -0.1) is 0 Å². The van der Waals surface area contributed by atoms with Gasteiger partial charge in [-0.3, -0.25) is 0 Å². The van der Waals surface area contributed by atoms with E-state index in [-0.39, 0.29) is 17.5 Å². The minimum Gasteiger partial charge on any atom is -0.465 e. The maximum absolute atomic E-state index is 12.4. The highest BCUT2D eigenvalue weighted by Crippen LogP contribution is 2.37. The molecule has 1 aliphatic heterocycles. The molecule has 1 aromatic rings. The number of benzene rings is 1. The van der Waals surface area contributed by atoms with E-state index in [4.69, 9.17) is 9.47 Å². The van der Waals surface area contributed by atoms with Gasteiger partial charge in [0.15, 0.2) is 5.79 Å². The van der Waals surface area contributed by atoms with Crippen molar-refractivity contribution in [1.82, 2.24) is 4.72 Å². The van der Waals surface area contributed by atoms with Gasteiger partial charge < -0.3 is 14.2 Å². The smallest absolute Gasteiger partial charge is 0.337 e. The average molecular weight is 369 g/mol. The van der Waals surface area contributed by atoms with Gasteiger partial charge in [-0.25, -0.2) is 17.9 Å². The molecule has 1 N–H and O–H groups in total. The zero-order valence-electron chi connectivity index (χ0n) is 14.2. The van der Waals surface area contributed by atoms with E-state index in [0.717, 1.165) is 25.7 Å². The van der Waals surface area contributed by atoms with Gasteiger partial charge >= 0.3 is 5.97 Å². The molecule has 8 heteroatoms. The Labute approximate surface area is 147 Å². The molecule has 1 heterocycles. The summed E-state index contributed by atoms with van der Waals surface area (Å²) < 4.78 is 43.7. The first-order valence-corrected chi connectivity index (χ1v) is 9.92. The zero-order chi connectivity index (χ0) is 17.9. The minimum absolute atomic E-state index is 0.0893. The lowest BCUT2D eigenvalue weighted by atomic mass is 9.94. The molecule has 1 saturated heterocycles. The second-order valence-electron chi connectivity index (χ2n) is 6.39. The van der Waals surface area contributed by atoms with Crippen molar-refractivity contribution >= 4 is 16.0 Å². The summed E-state index contributed by atoms with van der Waals surface area (Å²) in [6, 6.07) is 5.60. The molecule has 138 valence electrons. The Bertz CT molecular complexity index is 709. The summed E-state index contributed by atoms with van der Waals surface area (Å²) in [5, 5.41) is 0. The van der Waals surface area contributed by atoms with Crippen molar-refractivity contribution in [1.29, 1.82) is 0 Å². The van der Waals surface area contributed by atoms with E-state index >= 15 is 0 Å². The summed E-state index contributed by atoms with van der Waals surface area (Å²) >= 11 is 0. The summed E-state index contributed by atoms with van der Waals surface area (Å²) in [4.78, 5) is 11.5. The van der Waals surface area contributed by atoms with Crippen LogP contribution in [0.5, 0.6) is 0 Å². The topological polar surface area (TPSA) is 90.9 Å². The monoisotopic (exact) mass is 369 g/mol. The Hall–Kier alpha value is -1.48. The van der Waals surface area contributed by atoms with Crippen LogP contribution in [0.25, 0.3) is 0 Å². The first-order chi connectivity index (χ1) is 11.9. The third-order valence-corrected chi connectivity index (χ3v) is 6.06. The fourth-order valence-electron chi connectivity index (χ4n) is 3.24. The van der Waals surface area contributed by atoms with Crippen LogP contribution in [0.1, 0.15) is 42.5 Å². The Morgan fingerprint density at radius 2 is 1.92 bits per heavy atom. The molecule has 3 rings (SSSR count). The maximum atomic E-state index is 12.4. The fraction of sp³-hybridized carbons (Fsp3) is 0.588. The number of carbonyl (C=O) groups is 1. The standard InChI is InChI=1S/C17H23NO6S/c1-22-16(19)13-5-7-15(8-6-13)25(20,21)18-11-14-12-23-17(24-14)9-3-2-4-10-17/h5-8,14,18H,2-4,9-12H2,1H3/t14-/m0/s1. The average Bonchev–Trinajstić information content (AvgIpc) is 3.02. The van der Waals surface area contributed by atoms with Crippen molar-refractivity contribution < 1.29 is 27.4 Å². The quantitative estimate of drug-likeness (QED) is 0.796. The normalized spacial score (nSPS) is 22.8. The van der Waals surface area contributed by atoms with Crippen LogP contribution in [0.2, 0.25) is 0 Å². The maximum Gasteiger partial charge on any atom is 0.337 e. The van der Waals surface area contributed by atoms with Crippen LogP contribution < -0.4 is 4.72 Å². The predicted octanol–water partition coefficient (Wildman–Crippen LogP) is 1.83. The van der Waals surface area contributed by atoms with Crippen molar-refractivity contribution in [3.8, 4) is 0 Å². The first kappa shape index (κ1) is 18.3. The van der Waals surface area contributed by atoms with Gasteiger partial charge in [0, 0.05) is 19.4 Å². The molecular formula is C17H23NO6S. The fourth-order valence-corrected chi connectivity index (χ4v) is 4.31. The van der Waals surface area contributed by atoms with Crippen LogP contribution in [0.4, 0.5) is 0 Å². The number of hydrogen-bond acceptors (Lipinski definition) is 6. The van der Waals surface area contributed by atoms with E-state index in [2.05, 4.69) is 9.46 Å². The third kappa shape index (κ3) is 4.20. The predicted molar refractivity (Wildman–Crippen MR) is 89.6 cm³/mol. The zero-order valence-corrected chi connectivity index (χ0v) is 15.0. The van der Waals surface area contributed by atoms with Crippen LogP contribution in [-0.4, -0.2) is 46.5 Å². The highest BCUT2D eigenvalue weighted by Gasteiger charge is 2.42. The van der Waals surface area contributed by atoms with Crippen LogP contribution >= 0.6 is 0 Å². The molecule has 1 aliphatic carbocycles. The van der Waals surface area contributed by atoms with E-state index in [0.29, 0.717) is 12.2 Å². The number of rotatable bonds is 5. The molecule has 0 amide bonds. The molecule has 25 heavy (non-hydrogen) atoms. The Balaban J connectivity index is 1.58. The van der Waals surface area contributed by atoms with E-state index in [9.17, 15) is 13.2 Å². The summed E-state index contributed by atoms with van der Waals surface area (Å²) in [5.74, 6) is -1.03. The molecular weight excluding hydrogens is 346 g/mol. The number of ether oxygens (including phenoxy) is 3. The van der Waals surface area contributed by atoms with Crippen molar-refractivity contribution in [2.45, 2.75) is 48.9 Å². The van der Waals surface area contributed by atoms with E-state index in [1.807, 2.05) is 0 Å². The van der Waals surface area contributed by atoms with E-state index < -0.39 is 21.8 Å². The number of nitrogens with one attached hydrogen (secondary N) is 1. The molecule has 0 bridgehead atoms. The number of sulfonamides is 1. The van der Waals surface area contributed by atoms with Gasteiger partial charge in [-0.05, 0) is 37.1 Å². The van der Waals surface area contributed by atoms with Gasteiger partial charge in [0.2, 0.25) is 10.0 Å². The highest BCUT2D eigenvalue weighted by atomic mass is 32.2. The number of carbonyl (C=O) groups excluding carboxylic acids is 1. The summed E-state index contributed by atoms with van der Waals surface area (Å²) in [6.07, 6.45) is 4.78. The Kier molecular flexibility index (Phi) is 5.43. The van der Waals surface area contributed by atoms with Crippen LogP contribution in [-0.2, 0) is 24.2 Å². The van der Waals surface area contributed by atoms with Crippen molar-refractivity contribution in [3.63, 3.8) is 0 Å². The summed E-state index contributed by atoms with van der Waals surface area (Å²) in [7, 11) is -2.40. The first-order valence-electron chi connectivity index (χ1n) is 8.44. The molecule has 1 spiro atoms. The molecule has 2 aliphatic rings. The SMILES string of the molecule is COC(=O)c1ccc(S(=O)(=O)NC[C@H]2COC3(CCCCC3)O2)cc1. The second kappa shape index (κ2) is 7.41. The molecule has 7 nitrogen and oxygen atoms in total. The van der Waals surface area contributed by atoms with Gasteiger partial charge in [0.25, 0.3) is 0 Å². The van der Waals surface area contributed by atoms with Gasteiger partial charge in [-0.1, -0.05) is 6.42 Å².